The minimum Gasteiger partial charge on any atom is -0.379 e. The fourth-order valence-electron chi connectivity index (χ4n) is 4.85. The predicted octanol–water partition coefficient (Wildman–Crippen LogP) is 2.51. The van der Waals surface area contributed by atoms with Crippen molar-refractivity contribution in [3.05, 3.63) is 66.2 Å². The molecule has 0 bridgehead atoms. The normalized spacial score (nSPS) is 16.7. The van der Waals surface area contributed by atoms with Crippen molar-refractivity contribution in [1.82, 2.24) is 30.4 Å². The van der Waals surface area contributed by atoms with E-state index >= 15 is 0 Å². The third kappa shape index (κ3) is 5.31. The minimum absolute atomic E-state index is 0.278. The van der Waals surface area contributed by atoms with E-state index in [1.807, 2.05) is 42.7 Å². The summed E-state index contributed by atoms with van der Waals surface area (Å²) in [4.78, 5) is 26.7. The Balaban J connectivity index is 1.19. The zero-order chi connectivity index (χ0) is 25.0. The number of nitrogens with one attached hydrogen (secondary N) is 3. The first kappa shape index (κ1) is 23.5. The number of ether oxygens (including phenoxy) is 1. The molecule has 0 saturated carbocycles. The number of carbonyl (C=O) groups is 1. The molecule has 3 N–H and O–H groups in total. The Morgan fingerprint density at radius 3 is 2.65 bits per heavy atom. The van der Waals surface area contributed by atoms with E-state index in [1.54, 1.807) is 6.20 Å². The van der Waals surface area contributed by atoms with E-state index < -0.39 is 0 Å². The van der Waals surface area contributed by atoms with E-state index in [9.17, 15) is 4.79 Å². The van der Waals surface area contributed by atoms with Crippen LogP contribution in [0.5, 0.6) is 0 Å². The number of benzene rings is 1. The predicted molar refractivity (Wildman–Crippen MR) is 143 cm³/mol. The lowest BCUT2D eigenvalue weighted by Gasteiger charge is -2.28. The van der Waals surface area contributed by atoms with E-state index in [-0.39, 0.29) is 5.91 Å². The highest BCUT2D eigenvalue weighted by Crippen LogP contribution is 2.26. The molecule has 37 heavy (non-hydrogen) atoms. The van der Waals surface area contributed by atoms with Crippen LogP contribution in [0.25, 0.3) is 22.0 Å². The molecule has 10 heteroatoms. The Kier molecular flexibility index (Phi) is 6.76. The van der Waals surface area contributed by atoms with Crippen LogP contribution in [-0.2, 0) is 11.3 Å². The molecular formula is C27H30N8O2. The van der Waals surface area contributed by atoms with Crippen molar-refractivity contribution in [2.24, 2.45) is 0 Å². The third-order valence-electron chi connectivity index (χ3n) is 6.86. The van der Waals surface area contributed by atoms with Gasteiger partial charge >= 0.3 is 0 Å². The Bertz CT molecular complexity index is 1370. The molecule has 2 fully saturated rings. The maximum absolute atomic E-state index is 13.1. The van der Waals surface area contributed by atoms with Gasteiger partial charge < -0.3 is 20.3 Å². The first-order valence-electron chi connectivity index (χ1n) is 12.7. The van der Waals surface area contributed by atoms with Crippen LogP contribution in [-0.4, -0.2) is 83.5 Å². The number of piperazine rings is 1. The second-order valence-electron chi connectivity index (χ2n) is 9.40. The Labute approximate surface area is 215 Å². The highest BCUT2D eigenvalue weighted by atomic mass is 16.5. The van der Waals surface area contributed by atoms with E-state index in [1.165, 1.54) is 0 Å². The van der Waals surface area contributed by atoms with Crippen LogP contribution < -0.4 is 15.5 Å². The van der Waals surface area contributed by atoms with Gasteiger partial charge in [0.25, 0.3) is 5.91 Å². The molecule has 0 unspecified atom stereocenters. The number of H-pyrrole nitrogens is 1. The van der Waals surface area contributed by atoms with E-state index in [0.29, 0.717) is 11.4 Å². The molecule has 0 radical (unpaired) electrons. The van der Waals surface area contributed by atoms with Crippen LogP contribution in [0.4, 0.5) is 11.5 Å². The zero-order valence-corrected chi connectivity index (χ0v) is 20.6. The molecule has 6 rings (SSSR count). The lowest BCUT2D eigenvalue weighted by molar-refractivity contribution is 0.0341. The number of nitrogens with zero attached hydrogens (tertiary/aromatic N) is 5. The largest absolute Gasteiger partial charge is 0.379 e. The lowest BCUT2D eigenvalue weighted by atomic mass is 10.0. The number of aromatic nitrogens is 4. The number of rotatable bonds is 6. The number of hydrogen-bond acceptors (Lipinski definition) is 8. The van der Waals surface area contributed by atoms with Crippen LogP contribution in [0, 0.1) is 0 Å². The fourth-order valence-corrected chi connectivity index (χ4v) is 4.85. The summed E-state index contributed by atoms with van der Waals surface area (Å²) in [5.74, 6) is 0.637. The number of morpholine rings is 1. The third-order valence-corrected chi connectivity index (χ3v) is 6.86. The van der Waals surface area contributed by atoms with Gasteiger partial charge in [-0.2, -0.15) is 5.10 Å². The smallest absolute Gasteiger partial charge is 0.276 e. The molecule has 2 aliphatic heterocycles. The Hall–Kier alpha value is -3.86. The molecule has 10 nitrogen and oxygen atoms in total. The maximum atomic E-state index is 13.1. The van der Waals surface area contributed by atoms with Gasteiger partial charge in [0.2, 0.25) is 0 Å². The van der Waals surface area contributed by atoms with Gasteiger partial charge in [-0.1, -0.05) is 6.07 Å². The van der Waals surface area contributed by atoms with Gasteiger partial charge in [-0.05, 0) is 41.5 Å². The standard InChI is InChI=1S/C27H30N8O2/c36-27(31-22-2-4-25(30-17-22)35-7-5-28-6-8-35)26-23-14-20(1-3-24(23)32-33-26)21-13-19(15-29-16-21)18-34-9-11-37-12-10-34/h1-4,13-17,28H,5-12,18H2,(H,31,36)(H,32,33). The van der Waals surface area contributed by atoms with Gasteiger partial charge in [0.05, 0.1) is 30.6 Å². The quantitative estimate of drug-likeness (QED) is 0.372. The van der Waals surface area contributed by atoms with Gasteiger partial charge in [-0.25, -0.2) is 4.98 Å². The van der Waals surface area contributed by atoms with Crippen molar-refractivity contribution in [2.45, 2.75) is 6.54 Å². The number of aromatic amines is 1. The first-order valence-corrected chi connectivity index (χ1v) is 12.7. The summed E-state index contributed by atoms with van der Waals surface area (Å²) in [5.41, 5.74) is 4.94. The lowest BCUT2D eigenvalue weighted by Crippen LogP contribution is -2.43. The Morgan fingerprint density at radius 1 is 0.973 bits per heavy atom. The number of fused-ring (bicyclic) bond motifs is 1. The van der Waals surface area contributed by atoms with Crippen LogP contribution in [0.2, 0.25) is 0 Å². The monoisotopic (exact) mass is 498 g/mol. The zero-order valence-electron chi connectivity index (χ0n) is 20.6. The Morgan fingerprint density at radius 2 is 1.84 bits per heavy atom. The molecular weight excluding hydrogens is 468 g/mol. The molecule has 1 aromatic carbocycles. The molecule has 0 spiro atoms. The first-order chi connectivity index (χ1) is 18.2. The molecule has 5 heterocycles. The molecule has 0 aliphatic carbocycles. The van der Waals surface area contributed by atoms with Crippen molar-refractivity contribution in [3.63, 3.8) is 0 Å². The van der Waals surface area contributed by atoms with Gasteiger partial charge in [-0.15, -0.1) is 0 Å². The van der Waals surface area contributed by atoms with Crippen molar-refractivity contribution in [3.8, 4) is 11.1 Å². The molecule has 0 atom stereocenters. The van der Waals surface area contributed by atoms with Gasteiger partial charge in [-0.3, -0.25) is 19.8 Å². The number of hydrogen-bond donors (Lipinski definition) is 3. The highest BCUT2D eigenvalue weighted by Gasteiger charge is 2.17. The van der Waals surface area contributed by atoms with Crippen LogP contribution in [0.3, 0.4) is 0 Å². The minimum atomic E-state index is -0.278. The second kappa shape index (κ2) is 10.6. The van der Waals surface area contributed by atoms with Gasteiger partial charge in [0, 0.05) is 69.2 Å². The van der Waals surface area contributed by atoms with Gasteiger partial charge in [0.1, 0.15) is 5.82 Å². The number of carbonyl (C=O) groups excluding carboxylic acids is 1. The maximum Gasteiger partial charge on any atom is 0.276 e. The number of anilines is 2. The average Bonchev–Trinajstić information content (AvgIpc) is 3.38. The molecule has 2 aliphatic rings. The molecule has 2 saturated heterocycles. The second-order valence-corrected chi connectivity index (χ2v) is 9.40. The average molecular weight is 499 g/mol. The topological polar surface area (TPSA) is 111 Å². The summed E-state index contributed by atoms with van der Waals surface area (Å²) in [6.45, 7) is 7.97. The van der Waals surface area contributed by atoms with Crippen LogP contribution >= 0.6 is 0 Å². The molecule has 190 valence electrons. The van der Waals surface area contributed by atoms with Crippen molar-refractivity contribution in [1.29, 1.82) is 0 Å². The summed E-state index contributed by atoms with van der Waals surface area (Å²) >= 11 is 0. The van der Waals surface area contributed by atoms with Crippen molar-refractivity contribution in [2.75, 3.05) is 62.7 Å². The van der Waals surface area contributed by atoms with E-state index in [4.69, 9.17) is 4.74 Å². The van der Waals surface area contributed by atoms with E-state index in [2.05, 4.69) is 46.7 Å². The number of pyridine rings is 2. The highest BCUT2D eigenvalue weighted by molar-refractivity contribution is 6.11. The van der Waals surface area contributed by atoms with Crippen molar-refractivity contribution >= 4 is 28.3 Å². The molecule has 1 amide bonds. The summed E-state index contributed by atoms with van der Waals surface area (Å²) in [7, 11) is 0. The van der Waals surface area contributed by atoms with Gasteiger partial charge in [0.15, 0.2) is 5.69 Å². The van der Waals surface area contributed by atoms with Crippen molar-refractivity contribution < 1.29 is 9.53 Å². The summed E-state index contributed by atoms with van der Waals surface area (Å²) in [5, 5.41) is 14.3. The molecule has 3 aromatic heterocycles. The summed E-state index contributed by atoms with van der Waals surface area (Å²) in [6.07, 6.45) is 5.46. The van der Waals surface area contributed by atoms with E-state index in [0.717, 1.165) is 92.4 Å². The number of amides is 1. The summed E-state index contributed by atoms with van der Waals surface area (Å²) < 4.78 is 5.46. The summed E-state index contributed by atoms with van der Waals surface area (Å²) in [6, 6.07) is 12.0. The SMILES string of the molecule is O=C(Nc1ccc(N2CCNCC2)nc1)c1n[nH]c2ccc(-c3cncc(CN4CCOCC4)c3)cc12. The molecule has 4 aromatic rings. The van der Waals surface area contributed by atoms with Crippen LogP contribution in [0.15, 0.2) is 55.0 Å². The van der Waals surface area contributed by atoms with Crippen LogP contribution in [0.1, 0.15) is 16.1 Å². The fraction of sp³-hybridized carbons (Fsp3) is 0.333.